The number of hydrogen-bond donors (Lipinski definition) is 2. The van der Waals surface area contributed by atoms with Gasteiger partial charge in [-0.05, 0) is 18.2 Å². The largest absolute Gasteiger partial charge is 0.478 e. The molecule has 0 spiro atoms. The molecule has 0 bridgehead atoms. The van der Waals surface area contributed by atoms with Gasteiger partial charge in [-0.3, -0.25) is 0 Å². The lowest BCUT2D eigenvalue weighted by molar-refractivity contribution is 0.0601. The molecular weight excluding hydrogens is 250 g/mol. The lowest BCUT2D eigenvalue weighted by Crippen LogP contribution is -2.08. The van der Waals surface area contributed by atoms with Crippen LogP contribution in [0.1, 0.15) is 20.7 Å². The fourth-order valence-corrected chi connectivity index (χ4v) is 1.60. The van der Waals surface area contributed by atoms with Crippen LogP contribution in [0.2, 0.25) is 0 Å². The Morgan fingerprint density at radius 1 is 1.42 bits per heavy atom. The number of ether oxygens (including phenoxy) is 1. The first-order chi connectivity index (χ1) is 9.04. The number of aromatic nitrogens is 2. The molecule has 2 rings (SSSR count). The van der Waals surface area contributed by atoms with Gasteiger partial charge in [0.05, 0.1) is 24.6 Å². The second-order valence-electron chi connectivity index (χ2n) is 3.70. The van der Waals surface area contributed by atoms with Crippen LogP contribution in [-0.2, 0) is 4.74 Å². The summed E-state index contributed by atoms with van der Waals surface area (Å²) in [5.74, 6) is -1.56. The molecule has 3 N–H and O–H groups in total. The number of aromatic carboxylic acids is 1. The number of carbonyl (C=O) groups is 2. The molecule has 7 nitrogen and oxygen atoms in total. The zero-order valence-electron chi connectivity index (χ0n) is 10.0. The topological polar surface area (TPSA) is 107 Å². The smallest absolute Gasteiger partial charge is 0.343 e. The van der Waals surface area contributed by atoms with Crippen molar-refractivity contribution in [3.63, 3.8) is 0 Å². The fourth-order valence-electron chi connectivity index (χ4n) is 1.60. The van der Waals surface area contributed by atoms with E-state index in [0.29, 0.717) is 5.69 Å². The number of rotatable bonds is 3. The van der Waals surface area contributed by atoms with Crippen molar-refractivity contribution in [2.24, 2.45) is 0 Å². The van der Waals surface area contributed by atoms with Crippen LogP contribution in [0.15, 0.2) is 30.5 Å². The molecule has 0 atom stereocenters. The molecule has 0 amide bonds. The summed E-state index contributed by atoms with van der Waals surface area (Å²) in [6.07, 6.45) is 1.27. The molecule has 1 aromatic heterocycles. The molecule has 0 unspecified atom stereocenters. The van der Waals surface area contributed by atoms with Crippen molar-refractivity contribution < 1.29 is 19.4 Å². The molecule has 0 saturated carbocycles. The van der Waals surface area contributed by atoms with Gasteiger partial charge in [0.25, 0.3) is 0 Å². The second kappa shape index (κ2) is 4.81. The van der Waals surface area contributed by atoms with E-state index in [1.54, 1.807) is 12.1 Å². The van der Waals surface area contributed by atoms with Crippen molar-refractivity contribution in [2.75, 3.05) is 12.8 Å². The number of methoxy groups -OCH3 is 1. The number of nitrogen functional groups attached to an aromatic ring is 1. The van der Waals surface area contributed by atoms with Crippen molar-refractivity contribution in [3.05, 3.63) is 41.6 Å². The lowest BCUT2D eigenvalue weighted by Gasteiger charge is -2.05. The summed E-state index contributed by atoms with van der Waals surface area (Å²) < 4.78 is 5.84. The molecule has 0 aliphatic rings. The first-order valence-corrected chi connectivity index (χ1v) is 5.30. The van der Waals surface area contributed by atoms with Crippen LogP contribution in [0.25, 0.3) is 5.69 Å². The zero-order chi connectivity index (χ0) is 14.0. The van der Waals surface area contributed by atoms with Gasteiger partial charge in [-0.1, -0.05) is 6.07 Å². The van der Waals surface area contributed by atoms with Crippen LogP contribution >= 0.6 is 0 Å². The van der Waals surface area contributed by atoms with Crippen molar-refractivity contribution in [1.29, 1.82) is 0 Å². The van der Waals surface area contributed by atoms with E-state index in [0.717, 1.165) is 0 Å². The first-order valence-electron chi connectivity index (χ1n) is 5.30. The predicted molar refractivity (Wildman–Crippen MR) is 66.3 cm³/mol. The van der Waals surface area contributed by atoms with Gasteiger partial charge in [0.15, 0.2) is 0 Å². The van der Waals surface area contributed by atoms with E-state index in [-0.39, 0.29) is 16.9 Å². The van der Waals surface area contributed by atoms with Crippen LogP contribution in [0.5, 0.6) is 0 Å². The Balaban J connectivity index is 2.48. The monoisotopic (exact) mass is 261 g/mol. The molecule has 1 aromatic carbocycles. The first kappa shape index (κ1) is 12.6. The molecule has 2 aromatic rings. The van der Waals surface area contributed by atoms with E-state index in [1.165, 1.54) is 30.1 Å². The molecule has 19 heavy (non-hydrogen) atoms. The Bertz CT molecular complexity index is 648. The molecule has 0 saturated heterocycles. The minimum atomic E-state index is -1.05. The molecule has 0 fully saturated rings. The van der Waals surface area contributed by atoms with Crippen molar-refractivity contribution in [1.82, 2.24) is 9.78 Å². The Morgan fingerprint density at radius 2 is 2.16 bits per heavy atom. The average molecular weight is 261 g/mol. The molecular formula is C12H11N3O4. The van der Waals surface area contributed by atoms with Crippen molar-refractivity contribution in [2.45, 2.75) is 0 Å². The summed E-state index contributed by atoms with van der Waals surface area (Å²) in [7, 11) is 1.24. The predicted octanol–water partition coefficient (Wildman–Crippen LogP) is 0.939. The number of nitrogens with zero attached hydrogens (tertiary/aromatic N) is 2. The third-order valence-corrected chi connectivity index (χ3v) is 2.55. The number of anilines is 1. The van der Waals surface area contributed by atoms with Crippen molar-refractivity contribution >= 4 is 17.8 Å². The summed E-state index contributed by atoms with van der Waals surface area (Å²) in [5, 5.41) is 12.9. The van der Waals surface area contributed by atoms with E-state index < -0.39 is 11.9 Å². The summed E-state index contributed by atoms with van der Waals surface area (Å²) >= 11 is 0. The van der Waals surface area contributed by atoms with Gasteiger partial charge < -0.3 is 15.6 Å². The minimum absolute atomic E-state index is 0.0920. The Hall–Kier alpha value is -2.83. The van der Waals surface area contributed by atoms with Crippen LogP contribution in [0.4, 0.5) is 5.82 Å². The highest BCUT2D eigenvalue weighted by Gasteiger charge is 2.16. The Morgan fingerprint density at radius 3 is 2.79 bits per heavy atom. The number of carboxylic acids is 1. The normalized spacial score (nSPS) is 10.2. The summed E-state index contributed by atoms with van der Waals surface area (Å²) in [5.41, 5.74) is 6.47. The second-order valence-corrected chi connectivity index (χ2v) is 3.70. The Labute approximate surface area is 108 Å². The summed E-state index contributed by atoms with van der Waals surface area (Å²) in [6.45, 7) is 0. The fraction of sp³-hybridized carbons (Fsp3) is 0.0833. The highest BCUT2D eigenvalue weighted by molar-refractivity contribution is 5.94. The summed E-state index contributed by atoms with van der Waals surface area (Å²) in [4.78, 5) is 22.3. The maximum absolute atomic E-state index is 11.4. The van der Waals surface area contributed by atoms with Crippen LogP contribution in [-0.4, -0.2) is 33.9 Å². The number of nitrogens with two attached hydrogens (primary N) is 1. The third kappa shape index (κ3) is 2.25. The average Bonchev–Trinajstić information content (AvgIpc) is 2.80. The highest BCUT2D eigenvalue weighted by atomic mass is 16.5. The van der Waals surface area contributed by atoms with E-state index in [1.807, 2.05) is 0 Å². The zero-order valence-corrected chi connectivity index (χ0v) is 10.0. The molecule has 98 valence electrons. The number of benzene rings is 1. The van der Waals surface area contributed by atoms with Gasteiger partial charge in [-0.2, -0.15) is 5.10 Å². The maximum atomic E-state index is 11.4. The van der Waals surface area contributed by atoms with Crippen LogP contribution < -0.4 is 5.73 Å². The quantitative estimate of drug-likeness (QED) is 0.796. The van der Waals surface area contributed by atoms with Crippen molar-refractivity contribution in [3.8, 4) is 5.69 Å². The number of carbonyl (C=O) groups excluding carboxylic acids is 1. The van der Waals surface area contributed by atoms with E-state index in [9.17, 15) is 9.59 Å². The van der Waals surface area contributed by atoms with Gasteiger partial charge in [-0.15, -0.1) is 0 Å². The molecule has 1 heterocycles. The molecule has 7 heteroatoms. The van der Waals surface area contributed by atoms with Gasteiger partial charge in [0, 0.05) is 0 Å². The van der Waals surface area contributed by atoms with Gasteiger partial charge in [0.1, 0.15) is 11.4 Å². The third-order valence-electron chi connectivity index (χ3n) is 2.55. The van der Waals surface area contributed by atoms with Gasteiger partial charge >= 0.3 is 11.9 Å². The number of hydrogen-bond acceptors (Lipinski definition) is 5. The van der Waals surface area contributed by atoms with E-state index in [4.69, 9.17) is 10.8 Å². The summed E-state index contributed by atoms with van der Waals surface area (Å²) in [6, 6.07) is 6.06. The lowest BCUT2D eigenvalue weighted by atomic mass is 10.2. The van der Waals surface area contributed by atoms with Crippen LogP contribution in [0.3, 0.4) is 0 Å². The SMILES string of the molecule is COC(=O)c1cnn(-c2cccc(C(=O)O)c2)c1N. The van der Waals surface area contributed by atoms with Crippen LogP contribution in [0, 0.1) is 0 Å². The van der Waals surface area contributed by atoms with E-state index >= 15 is 0 Å². The van der Waals surface area contributed by atoms with Gasteiger partial charge in [-0.25, -0.2) is 14.3 Å². The Kier molecular flexibility index (Phi) is 3.19. The van der Waals surface area contributed by atoms with Gasteiger partial charge in [0.2, 0.25) is 0 Å². The molecule has 0 aliphatic heterocycles. The number of carboxylic acid groups (broad SMARTS) is 1. The molecule has 0 aliphatic carbocycles. The van der Waals surface area contributed by atoms with E-state index in [2.05, 4.69) is 9.84 Å². The molecule has 0 radical (unpaired) electrons. The minimum Gasteiger partial charge on any atom is -0.478 e. The maximum Gasteiger partial charge on any atom is 0.343 e. The standard InChI is InChI=1S/C12H11N3O4/c1-19-12(18)9-6-14-15(10(9)13)8-4-2-3-7(5-8)11(16)17/h2-6H,13H2,1H3,(H,16,17). The highest BCUT2D eigenvalue weighted by Crippen LogP contribution is 2.18. The number of esters is 1.